The largest absolute Gasteiger partial charge is 0.481 e. The summed E-state index contributed by atoms with van der Waals surface area (Å²) in [7, 11) is 0. The van der Waals surface area contributed by atoms with Gasteiger partial charge in [0.05, 0.1) is 11.8 Å². The summed E-state index contributed by atoms with van der Waals surface area (Å²) in [5.74, 6) is -3.59. The zero-order valence-electron chi connectivity index (χ0n) is 9.50. The molecule has 0 aromatic carbocycles. The van der Waals surface area contributed by atoms with Gasteiger partial charge in [0, 0.05) is 0 Å². The van der Waals surface area contributed by atoms with E-state index in [0.717, 1.165) is 0 Å². The molecule has 0 spiro atoms. The SMILES string of the molecule is O=C(O)C1CCCCC1C(=O)NOCC(F)(F)F. The number of carboxylic acid groups (broad SMARTS) is 1. The lowest BCUT2D eigenvalue weighted by atomic mass is 9.79. The Morgan fingerprint density at radius 1 is 1.22 bits per heavy atom. The number of hydroxylamine groups is 1. The minimum Gasteiger partial charge on any atom is -0.481 e. The Balaban J connectivity index is 2.46. The lowest BCUT2D eigenvalue weighted by Gasteiger charge is -2.27. The average Bonchev–Trinajstić information content (AvgIpc) is 2.27. The van der Waals surface area contributed by atoms with Gasteiger partial charge in [-0.2, -0.15) is 13.2 Å². The Hall–Kier alpha value is -1.31. The van der Waals surface area contributed by atoms with E-state index in [0.29, 0.717) is 25.7 Å². The van der Waals surface area contributed by atoms with Crippen LogP contribution in [0.1, 0.15) is 25.7 Å². The number of carbonyl (C=O) groups excluding carboxylic acids is 1. The second kappa shape index (κ2) is 6.03. The van der Waals surface area contributed by atoms with Crippen LogP contribution >= 0.6 is 0 Å². The van der Waals surface area contributed by atoms with Crippen LogP contribution in [0.2, 0.25) is 0 Å². The van der Waals surface area contributed by atoms with Gasteiger partial charge in [-0.05, 0) is 12.8 Å². The third kappa shape index (κ3) is 4.52. The Morgan fingerprint density at radius 2 is 1.78 bits per heavy atom. The van der Waals surface area contributed by atoms with E-state index in [1.165, 1.54) is 0 Å². The summed E-state index contributed by atoms with van der Waals surface area (Å²) in [6.45, 7) is -1.59. The quantitative estimate of drug-likeness (QED) is 0.758. The van der Waals surface area contributed by atoms with Gasteiger partial charge in [-0.3, -0.25) is 14.4 Å². The van der Waals surface area contributed by atoms with Crippen molar-refractivity contribution in [3.8, 4) is 0 Å². The number of hydrogen-bond donors (Lipinski definition) is 2. The monoisotopic (exact) mass is 269 g/mol. The van der Waals surface area contributed by atoms with E-state index in [4.69, 9.17) is 5.11 Å². The van der Waals surface area contributed by atoms with E-state index in [9.17, 15) is 22.8 Å². The summed E-state index contributed by atoms with van der Waals surface area (Å²) in [5, 5.41) is 8.91. The number of nitrogens with one attached hydrogen (secondary N) is 1. The van der Waals surface area contributed by atoms with Crippen molar-refractivity contribution in [2.75, 3.05) is 6.61 Å². The minimum absolute atomic E-state index is 0.345. The fourth-order valence-corrected chi connectivity index (χ4v) is 2.01. The first kappa shape index (κ1) is 14.7. The smallest absolute Gasteiger partial charge is 0.414 e. The highest BCUT2D eigenvalue weighted by molar-refractivity contribution is 5.84. The Bertz CT molecular complexity index is 319. The van der Waals surface area contributed by atoms with Crippen molar-refractivity contribution in [2.45, 2.75) is 31.9 Å². The molecule has 0 aromatic heterocycles. The van der Waals surface area contributed by atoms with E-state index < -0.39 is 36.5 Å². The van der Waals surface area contributed by atoms with Crippen LogP contribution in [0.15, 0.2) is 0 Å². The van der Waals surface area contributed by atoms with Crippen LogP contribution in [-0.4, -0.2) is 29.8 Å². The molecule has 1 aliphatic carbocycles. The number of carbonyl (C=O) groups is 2. The minimum atomic E-state index is -4.54. The molecule has 1 amide bonds. The van der Waals surface area contributed by atoms with Crippen molar-refractivity contribution in [3.05, 3.63) is 0 Å². The molecular weight excluding hydrogens is 255 g/mol. The second-order valence-electron chi connectivity index (χ2n) is 4.21. The van der Waals surface area contributed by atoms with E-state index in [1.807, 2.05) is 0 Å². The van der Waals surface area contributed by atoms with Gasteiger partial charge >= 0.3 is 12.1 Å². The number of alkyl halides is 3. The molecule has 0 radical (unpaired) electrons. The van der Waals surface area contributed by atoms with E-state index >= 15 is 0 Å². The number of amides is 1. The van der Waals surface area contributed by atoms with Gasteiger partial charge in [-0.15, -0.1) is 0 Å². The normalized spacial score (nSPS) is 24.6. The second-order valence-corrected chi connectivity index (χ2v) is 4.21. The third-order valence-electron chi connectivity index (χ3n) is 2.83. The molecule has 2 atom stereocenters. The standard InChI is InChI=1S/C10H14F3NO4/c11-10(12,13)5-18-14-8(15)6-3-1-2-4-7(6)9(16)17/h6-7H,1-5H2,(H,14,15)(H,16,17). The van der Waals surface area contributed by atoms with Crippen LogP contribution in [0.4, 0.5) is 13.2 Å². The van der Waals surface area contributed by atoms with Crippen molar-refractivity contribution >= 4 is 11.9 Å². The Morgan fingerprint density at radius 3 is 2.28 bits per heavy atom. The summed E-state index contributed by atoms with van der Waals surface area (Å²) in [6.07, 6.45) is -2.46. The van der Waals surface area contributed by atoms with Gasteiger partial charge < -0.3 is 5.11 Å². The van der Waals surface area contributed by atoms with E-state index in [-0.39, 0.29) is 0 Å². The fraction of sp³-hybridized carbons (Fsp3) is 0.800. The number of halogens is 3. The van der Waals surface area contributed by atoms with Crippen LogP contribution in [0.3, 0.4) is 0 Å². The van der Waals surface area contributed by atoms with Gasteiger partial charge in [0.25, 0.3) is 0 Å². The predicted octanol–water partition coefficient (Wildman–Crippen LogP) is 1.49. The lowest BCUT2D eigenvalue weighted by Crippen LogP contribution is -2.40. The van der Waals surface area contributed by atoms with Gasteiger partial charge in [0.1, 0.15) is 0 Å². The van der Waals surface area contributed by atoms with Crippen molar-refractivity contribution in [2.24, 2.45) is 11.8 Å². The molecule has 1 fully saturated rings. The summed E-state index contributed by atoms with van der Waals surface area (Å²) in [4.78, 5) is 26.5. The maximum absolute atomic E-state index is 11.8. The topological polar surface area (TPSA) is 75.6 Å². The molecule has 2 N–H and O–H groups in total. The molecule has 0 heterocycles. The van der Waals surface area contributed by atoms with Crippen LogP contribution in [0.25, 0.3) is 0 Å². The molecule has 1 saturated carbocycles. The molecule has 1 aliphatic rings. The predicted molar refractivity (Wildman–Crippen MR) is 53.2 cm³/mol. The molecule has 5 nitrogen and oxygen atoms in total. The molecular formula is C10H14F3NO4. The average molecular weight is 269 g/mol. The Kier molecular flexibility index (Phi) is 4.94. The van der Waals surface area contributed by atoms with Crippen LogP contribution in [0.5, 0.6) is 0 Å². The van der Waals surface area contributed by atoms with Crippen LogP contribution in [-0.2, 0) is 14.4 Å². The summed E-state index contributed by atoms with van der Waals surface area (Å²) in [6, 6.07) is 0. The first-order valence-corrected chi connectivity index (χ1v) is 5.52. The number of rotatable bonds is 4. The number of aliphatic carboxylic acids is 1. The molecule has 0 saturated heterocycles. The molecule has 2 unspecified atom stereocenters. The van der Waals surface area contributed by atoms with Crippen molar-refractivity contribution in [3.63, 3.8) is 0 Å². The number of hydrogen-bond acceptors (Lipinski definition) is 3. The zero-order valence-corrected chi connectivity index (χ0v) is 9.50. The van der Waals surface area contributed by atoms with E-state index in [1.54, 1.807) is 5.48 Å². The zero-order chi connectivity index (χ0) is 13.8. The Labute approximate surface area is 101 Å². The van der Waals surface area contributed by atoms with E-state index in [2.05, 4.69) is 4.84 Å². The van der Waals surface area contributed by atoms with Crippen molar-refractivity contribution in [1.82, 2.24) is 5.48 Å². The fourth-order valence-electron chi connectivity index (χ4n) is 2.01. The first-order chi connectivity index (χ1) is 8.31. The van der Waals surface area contributed by atoms with Crippen LogP contribution < -0.4 is 5.48 Å². The van der Waals surface area contributed by atoms with Gasteiger partial charge in [-0.25, -0.2) is 5.48 Å². The summed E-state index contributed by atoms with van der Waals surface area (Å²) < 4.78 is 35.3. The molecule has 1 rings (SSSR count). The highest BCUT2D eigenvalue weighted by atomic mass is 19.4. The molecule has 0 aromatic rings. The summed E-state index contributed by atoms with van der Waals surface area (Å²) >= 11 is 0. The molecule has 0 bridgehead atoms. The van der Waals surface area contributed by atoms with Gasteiger partial charge in [0.15, 0.2) is 6.61 Å². The van der Waals surface area contributed by atoms with Crippen molar-refractivity contribution < 1.29 is 32.7 Å². The van der Waals surface area contributed by atoms with Crippen LogP contribution in [0, 0.1) is 11.8 Å². The van der Waals surface area contributed by atoms with Gasteiger partial charge in [0.2, 0.25) is 5.91 Å². The third-order valence-corrected chi connectivity index (χ3v) is 2.83. The van der Waals surface area contributed by atoms with Crippen molar-refractivity contribution in [1.29, 1.82) is 0 Å². The summed E-state index contributed by atoms with van der Waals surface area (Å²) in [5.41, 5.74) is 1.67. The molecule has 8 heteroatoms. The first-order valence-electron chi connectivity index (χ1n) is 5.52. The maximum Gasteiger partial charge on any atom is 0.414 e. The lowest BCUT2D eigenvalue weighted by molar-refractivity contribution is -0.194. The highest BCUT2D eigenvalue weighted by Crippen LogP contribution is 2.30. The maximum atomic E-state index is 11.8. The molecule has 18 heavy (non-hydrogen) atoms. The molecule has 0 aliphatic heterocycles. The number of carboxylic acids is 1. The highest BCUT2D eigenvalue weighted by Gasteiger charge is 2.36. The van der Waals surface area contributed by atoms with Gasteiger partial charge in [-0.1, -0.05) is 12.8 Å². The molecule has 104 valence electrons.